The topological polar surface area (TPSA) is 38.3 Å². The van der Waals surface area contributed by atoms with Crippen molar-refractivity contribution in [1.82, 2.24) is 0 Å². The van der Waals surface area contributed by atoms with Crippen LogP contribution in [0.25, 0.3) is 0 Å². The van der Waals surface area contributed by atoms with Gasteiger partial charge in [0, 0.05) is 10.7 Å². The molecule has 0 aliphatic carbocycles. The Labute approximate surface area is 107 Å². The second kappa shape index (κ2) is 5.92. The molecular weight excluding hydrogens is 238 g/mol. The molecule has 94 valence electrons. The Kier molecular flexibility index (Phi) is 4.82. The van der Waals surface area contributed by atoms with Gasteiger partial charge in [-0.25, -0.2) is 4.79 Å². The normalized spacial score (nSPS) is 13.9. The molecule has 3 nitrogen and oxygen atoms in total. The molecule has 17 heavy (non-hydrogen) atoms. The highest BCUT2D eigenvalue weighted by Crippen LogP contribution is 2.22. The van der Waals surface area contributed by atoms with Crippen LogP contribution in [0.2, 0.25) is 5.02 Å². The Bertz CT molecular complexity index is 395. The molecule has 4 heteroatoms. The standard InChI is InChI=1S/C13H18ClNO2/c1-4-13(3,12(16)17-5-2)15-11-8-6-7-10(14)9-11/h6-9,15H,4-5H2,1-3H3. The third-order valence-electron chi connectivity index (χ3n) is 2.68. The third-order valence-corrected chi connectivity index (χ3v) is 2.91. The van der Waals surface area contributed by atoms with Crippen LogP contribution in [0.3, 0.4) is 0 Å². The number of carbonyl (C=O) groups excluding carboxylic acids is 1. The lowest BCUT2D eigenvalue weighted by atomic mass is 9.98. The van der Waals surface area contributed by atoms with Crippen molar-refractivity contribution in [3.63, 3.8) is 0 Å². The number of hydrogen-bond acceptors (Lipinski definition) is 3. The number of benzene rings is 1. The van der Waals surface area contributed by atoms with Gasteiger partial charge in [0.15, 0.2) is 0 Å². The molecule has 1 unspecified atom stereocenters. The fourth-order valence-corrected chi connectivity index (χ4v) is 1.65. The summed E-state index contributed by atoms with van der Waals surface area (Å²) >= 11 is 5.90. The van der Waals surface area contributed by atoms with Gasteiger partial charge in [0.2, 0.25) is 0 Å². The number of esters is 1. The summed E-state index contributed by atoms with van der Waals surface area (Å²) in [4.78, 5) is 11.9. The van der Waals surface area contributed by atoms with E-state index in [0.29, 0.717) is 18.1 Å². The number of rotatable bonds is 5. The van der Waals surface area contributed by atoms with Gasteiger partial charge in [0.25, 0.3) is 0 Å². The molecule has 0 radical (unpaired) electrons. The van der Waals surface area contributed by atoms with E-state index in [1.165, 1.54) is 0 Å². The zero-order valence-electron chi connectivity index (χ0n) is 10.4. The Morgan fingerprint density at radius 3 is 2.71 bits per heavy atom. The number of halogens is 1. The van der Waals surface area contributed by atoms with Gasteiger partial charge in [-0.05, 0) is 38.5 Å². The molecule has 0 aliphatic rings. The molecule has 1 atom stereocenters. The van der Waals surface area contributed by atoms with Crippen molar-refractivity contribution in [3.05, 3.63) is 29.3 Å². The minimum absolute atomic E-state index is 0.248. The lowest BCUT2D eigenvalue weighted by molar-refractivity contribution is -0.148. The summed E-state index contributed by atoms with van der Waals surface area (Å²) in [5, 5.41) is 3.81. The molecule has 0 heterocycles. The van der Waals surface area contributed by atoms with Gasteiger partial charge >= 0.3 is 5.97 Å². The van der Waals surface area contributed by atoms with Gasteiger partial charge < -0.3 is 10.1 Å². The maximum atomic E-state index is 11.9. The Balaban J connectivity index is 2.85. The summed E-state index contributed by atoms with van der Waals surface area (Å²) in [5.41, 5.74) is 0.0932. The minimum atomic E-state index is -0.722. The van der Waals surface area contributed by atoms with Crippen molar-refractivity contribution in [2.24, 2.45) is 0 Å². The average Bonchev–Trinajstić information content (AvgIpc) is 2.29. The van der Waals surface area contributed by atoms with Gasteiger partial charge in [0.05, 0.1) is 6.61 Å². The van der Waals surface area contributed by atoms with Gasteiger partial charge in [-0.3, -0.25) is 0 Å². The number of hydrogen-bond donors (Lipinski definition) is 1. The SMILES string of the molecule is CCOC(=O)C(C)(CC)Nc1cccc(Cl)c1. The van der Waals surface area contributed by atoms with Crippen LogP contribution in [0.15, 0.2) is 24.3 Å². The van der Waals surface area contributed by atoms with Gasteiger partial charge in [0.1, 0.15) is 5.54 Å². The first-order valence-electron chi connectivity index (χ1n) is 5.73. The molecule has 0 bridgehead atoms. The van der Waals surface area contributed by atoms with Crippen LogP contribution in [0.5, 0.6) is 0 Å². The molecule has 0 saturated heterocycles. The van der Waals surface area contributed by atoms with E-state index < -0.39 is 5.54 Å². The fraction of sp³-hybridized carbons (Fsp3) is 0.462. The van der Waals surface area contributed by atoms with Gasteiger partial charge in [-0.2, -0.15) is 0 Å². The van der Waals surface area contributed by atoms with Crippen molar-refractivity contribution >= 4 is 23.3 Å². The lowest BCUT2D eigenvalue weighted by Gasteiger charge is -2.28. The highest BCUT2D eigenvalue weighted by molar-refractivity contribution is 6.30. The summed E-state index contributed by atoms with van der Waals surface area (Å²) in [5.74, 6) is -0.248. The molecule has 1 aromatic carbocycles. The van der Waals surface area contributed by atoms with Crippen LogP contribution in [0.4, 0.5) is 5.69 Å². The lowest BCUT2D eigenvalue weighted by Crippen LogP contribution is -2.44. The van der Waals surface area contributed by atoms with E-state index in [-0.39, 0.29) is 5.97 Å². The number of anilines is 1. The van der Waals surface area contributed by atoms with Gasteiger partial charge in [-0.1, -0.05) is 24.6 Å². The van der Waals surface area contributed by atoms with Crippen molar-refractivity contribution in [1.29, 1.82) is 0 Å². The van der Waals surface area contributed by atoms with Gasteiger partial charge in [-0.15, -0.1) is 0 Å². The molecule has 0 aliphatic heterocycles. The molecule has 0 spiro atoms. The molecule has 0 aromatic heterocycles. The summed E-state index contributed by atoms with van der Waals surface area (Å²) in [7, 11) is 0. The van der Waals surface area contributed by atoms with E-state index in [2.05, 4.69) is 5.32 Å². The van der Waals surface area contributed by atoms with Crippen LogP contribution < -0.4 is 5.32 Å². The Morgan fingerprint density at radius 2 is 2.18 bits per heavy atom. The predicted molar refractivity (Wildman–Crippen MR) is 70.4 cm³/mol. The zero-order chi connectivity index (χ0) is 12.9. The van der Waals surface area contributed by atoms with E-state index >= 15 is 0 Å². The van der Waals surface area contributed by atoms with Crippen molar-refractivity contribution in [3.8, 4) is 0 Å². The largest absolute Gasteiger partial charge is 0.464 e. The maximum Gasteiger partial charge on any atom is 0.331 e. The first-order valence-corrected chi connectivity index (χ1v) is 6.10. The van der Waals surface area contributed by atoms with Crippen LogP contribution in [-0.2, 0) is 9.53 Å². The molecule has 0 fully saturated rings. The second-order valence-corrected chi connectivity index (χ2v) is 4.48. The average molecular weight is 256 g/mol. The maximum absolute atomic E-state index is 11.9. The van der Waals surface area contributed by atoms with E-state index in [9.17, 15) is 4.79 Å². The van der Waals surface area contributed by atoms with Crippen molar-refractivity contribution in [2.75, 3.05) is 11.9 Å². The molecule has 0 amide bonds. The highest BCUT2D eigenvalue weighted by atomic mass is 35.5. The Morgan fingerprint density at radius 1 is 1.47 bits per heavy atom. The number of ether oxygens (including phenoxy) is 1. The first kappa shape index (κ1) is 13.8. The molecule has 1 aromatic rings. The molecule has 1 N–H and O–H groups in total. The van der Waals surface area contributed by atoms with Crippen LogP contribution >= 0.6 is 11.6 Å². The quantitative estimate of drug-likeness (QED) is 0.819. The second-order valence-electron chi connectivity index (χ2n) is 4.04. The van der Waals surface area contributed by atoms with Crippen LogP contribution in [0.1, 0.15) is 27.2 Å². The summed E-state index contributed by atoms with van der Waals surface area (Å²) in [6.45, 7) is 5.94. The first-order chi connectivity index (χ1) is 8.01. The van der Waals surface area contributed by atoms with E-state index in [1.54, 1.807) is 19.1 Å². The summed E-state index contributed by atoms with van der Waals surface area (Å²) < 4.78 is 5.07. The predicted octanol–water partition coefficient (Wildman–Crippen LogP) is 3.48. The van der Waals surface area contributed by atoms with E-state index in [1.807, 2.05) is 26.0 Å². The van der Waals surface area contributed by atoms with Crippen molar-refractivity contribution < 1.29 is 9.53 Å². The number of carbonyl (C=O) groups is 1. The molecule has 1 rings (SSSR count). The Hall–Kier alpha value is -1.22. The molecular formula is C13H18ClNO2. The van der Waals surface area contributed by atoms with Crippen LogP contribution in [-0.4, -0.2) is 18.1 Å². The fourth-order valence-electron chi connectivity index (χ4n) is 1.46. The number of nitrogens with one attached hydrogen (secondary N) is 1. The molecule has 0 saturated carbocycles. The highest BCUT2D eigenvalue weighted by Gasteiger charge is 2.32. The monoisotopic (exact) mass is 255 g/mol. The summed E-state index contributed by atoms with van der Waals surface area (Å²) in [6.07, 6.45) is 0.637. The minimum Gasteiger partial charge on any atom is -0.464 e. The van der Waals surface area contributed by atoms with E-state index in [0.717, 1.165) is 5.69 Å². The zero-order valence-corrected chi connectivity index (χ0v) is 11.2. The third kappa shape index (κ3) is 3.63. The van der Waals surface area contributed by atoms with Crippen LogP contribution in [0, 0.1) is 0 Å². The van der Waals surface area contributed by atoms with Crippen molar-refractivity contribution in [2.45, 2.75) is 32.7 Å². The smallest absolute Gasteiger partial charge is 0.331 e. The summed E-state index contributed by atoms with van der Waals surface area (Å²) in [6, 6.07) is 7.29. The van der Waals surface area contributed by atoms with E-state index in [4.69, 9.17) is 16.3 Å².